The van der Waals surface area contributed by atoms with E-state index in [2.05, 4.69) is 0 Å². The summed E-state index contributed by atoms with van der Waals surface area (Å²) in [6.45, 7) is 0.565. The molecule has 0 spiro atoms. The Hall–Kier alpha value is -3.59. The normalized spacial score (nSPS) is 14.9. The highest BCUT2D eigenvalue weighted by Crippen LogP contribution is 2.37. The van der Waals surface area contributed by atoms with Gasteiger partial charge in [-0.2, -0.15) is 0 Å². The quantitative estimate of drug-likeness (QED) is 0.535. The van der Waals surface area contributed by atoms with Gasteiger partial charge >= 0.3 is 0 Å². The van der Waals surface area contributed by atoms with Gasteiger partial charge in [0.1, 0.15) is 0 Å². The van der Waals surface area contributed by atoms with Gasteiger partial charge in [-0.05, 0) is 35.4 Å². The zero-order valence-electron chi connectivity index (χ0n) is 14.9. The van der Waals surface area contributed by atoms with Gasteiger partial charge in [-0.15, -0.1) is 0 Å². The van der Waals surface area contributed by atoms with E-state index in [9.17, 15) is 4.79 Å². The monoisotopic (exact) mass is 352 g/mol. The molecule has 1 amide bonds. The summed E-state index contributed by atoms with van der Waals surface area (Å²) < 4.78 is 0. The molecular weight excluding hydrogens is 332 g/mol. The summed E-state index contributed by atoms with van der Waals surface area (Å²) in [5, 5.41) is 0. The van der Waals surface area contributed by atoms with Crippen LogP contribution in [0.15, 0.2) is 91.0 Å². The van der Waals surface area contributed by atoms with Gasteiger partial charge in [0.05, 0.1) is 12.2 Å². The van der Waals surface area contributed by atoms with Gasteiger partial charge in [0.2, 0.25) is 0 Å². The molecule has 132 valence electrons. The molecule has 27 heavy (non-hydrogen) atoms. The molecule has 1 heterocycles. The molecule has 1 aliphatic heterocycles. The Morgan fingerprint density at radius 3 is 2.33 bits per heavy atom. The van der Waals surface area contributed by atoms with Crippen LogP contribution in [0.25, 0.3) is 11.6 Å². The molecule has 3 aromatic rings. The molecule has 0 bridgehead atoms. The Balaban J connectivity index is 1.63. The first-order valence-electron chi connectivity index (χ1n) is 8.91. The van der Waals surface area contributed by atoms with E-state index in [1.165, 1.54) is 0 Å². The SMILES string of the molecule is Nc1ccc(/C=C/C=C2\C(=O)N(Cc3ccccc3)c3ccccc32)cc1. The lowest BCUT2D eigenvalue weighted by Gasteiger charge is -2.17. The number of nitrogen functional groups attached to an aromatic ring is 1. The molecule has 0 saturated carbocycles. The fourth-order valence-corrected chi connectivity index (χ4v) is 3.25. The predicted octanol–water partition coefficient (Wildman–Crippen LogP) is 4.91. The second-order valence-corrected chi connectivity index (χ2v) is 6.50. The maximum atomic E-state index is 13.1. The van der Waals surface area contributed by atoms with Crippen molar-refractivity contribution >= 4 is 28.9 Å². The highest BCUT2D eigenvalue weighted by molar-refractivity contribution is 6.32. The summed E-state index contributed by atoms with van der Waals surface area (Å²) in [6, 6.07) is 25.6. The number of amides is 1. The summed E-state index contributed by atoms with van der Waals surface area (Å²) in [5.74, 6) is 0.0296. The minimum atomic E-state index is 0.0296. The van der Waals surface area contributed by atoms with Crippen molar-refractivity contribution in [3.05, 3.63) is 108 Å². The zero-order valence-corrected chi connectivity index (χ0v) is 14.9. The van der Waals surface area contributed by atoms with E-state index in [1.807, 2.05) is 102 Å². The van der Waals surface area contributed by atoms with Crippen LogP contribution in [-0.2, 0) is 11.3 Å². The van der Waals surface area contributed by atoms with Crippen LogP contribution in [-0.4, -0.2) is 5.91 Å². The lowest BCUT2D eigenvalue weighted by Crippen LogP contribution is -2.25. The Morgan fingerprint density at radius 2 is 1.56 bits per heavy atom. The Kier molecular flexibility index (Phi) is 4.58. The fourth-order valence-electron chi connectivity index (χ4n) is 3.25. The van der Waals surface area contributed by atoms with Gasteiger partial charge < -0.3 is 10.6 Å². The van der Waals surface area contributed by atoms with Crippen LogP contribution in [0, 0.1) is 0 Å². The molecule has 3 aromatic carbocycles. The first kappa shape index (κ1) is 16.9. The molecule has 0 aliphatic carbocycles. The Morgan fingerprint density at radius 1 is 0.852 bits per heavy atom. The van der Waals surface area contributed by atoms with Crippen LogP contribution in [0.4, 0.5) is 11.4 Å². The van der Waals surface area contributed by atoms with Crippen LogP contribution < -0.4 is 10.6 Å². The Labute approximate surface area is 159 Å². The molecule has 0 fully saturated rings. The molecule has 0 radical (unpaired) electrons. The first-order chi connectivity index (χ1) is 13.2. The number of carbonyl (C=O) groups excluding carboxylic acids is 1. The molecular formula is C24H20N2O. The van der Waals surface area contributed by atoms with Crippen molar-refractivity contribution in [1.82, 2.24) is 0 Å². The van der Waals surface area contributed by atoms with E-state index < -0.39 is 0 Å². The number of hydrogen-bond acceptors (Lipinski definition) is 2. The van der Waals surface area contributed by atoms with Crippen molar-refractivity contribution in [2.24, 2.45) is 0 Å². The number of anilines is 2. The lowest BCUT2D eigenvalue weighted by atomic mass is 10.1. The summed E-state index contributed by atoms with van der Waals surface area (Å²) in [5.41, 5.74) is 11.3. The third-order valence-electron chi connectivity index (χ3n) is 4.63. The van der Waals surface area contributed by atoms with Gasteiger partial charge in [-0.25, -0.2) is 0 Å². The van der Waals surface area contributed by atoms with Crippen molar-refractivity contribution in [1.29, 1.82) is 0 Å². The number of allylic oxidation sites excluding steroid dienone is 2. The standard InChI is InChI=1S/C24H20N2O/c25-20-15-13-18(14-16-20)9-6-11-22-21-10-4-5-12-23(21)26(24(22)27)17-19-7-2-1-3-8-19/h1-16H,17,25H2/b9-6+,22-11-. The van der Waals surface area contributed by atoms with E-state index in [1.54, 1.807) is 0 Å². The maximum absolute atomic E-state index is 13.1. The molecule has 0 unspecified atom stereocenters. The Bertz CT molecular complexity index is 1020. The highest BCUT2D eigenvalue weighted by atomic mass is 16.2. The first-order valence-corrected chi connectivity index (χ1v) is 8.91. The molecule has 0 saturated heterocycles. The molecule has 3 nitrogen and oxygen atoms in total. The second kappa shape index (κ2) is 7.34. The average Bonchev–Trinajstić information content (AvgIpc) is 2.96. The van der Waals surface area contributed by atoms with Crippen LogP contribution in [0.5, 0.6) is 0 Å². The van der Waals surface area contributed by atoms with Gasteiger partial charge in [0.15, 0.2) is 0 Å². The summed E-state index contributed by atoms with van der Waals surface area (Å²) in [6.07, 6.45) is 5.78. The molecule has 0 aromatic heterocycles. The van der Waals surface area contributed by atoms with Crippen molar-refractivity contribution in [3.8, 4) is 0 Å². The summed E-state index contributed by atoms with van der Waals surface area (Å²) in [7, 11) is 0. The lowest BCUT2D eigenvalue weighted by molar-refractivity contribution is -0.113. The third-order valence-corrected chi connectivity index (χ3v) is 4.63. The fraction of sp³-hybridized carbons (Fsp3) is 0.0417. The summed E-state index contributed by atoms with van der Waals surface area (Å²) >= 11 is 0. The largest absolute Gasteiger partial charge is 0.399 e. The number of benzene rings is 3. The molecule has 4 rings (SSSR count). The van der Waals surface area contributed by atoms with Crippen molar-refractivity contribution in [3.63, 3.8) is 0 Å². The van der Waals surface area contributed by atoms with Crippen molar-refractivity contribution < 1.29 is 4.79 Å². The number of carbonyl (C=O) groups is 1. The maximum Gasteiger partial charge on any atom is 0.259 e. The van der Waals surface area contributed by atoms with Gasteiger partial charge in [-0.3, -0.25) is 4.79 Å². The number of rotatable bonds is 4. The van der Waals surface area contributed by atoms with Crippen LogP contribution >= 0.6 is 0 Å². The number of fused-ring (bicyclic) bond motifs is 1. The number of nitrogens with zero attached hydrogens (tertiary/aromatic N) is 1. The third kappa shape index (κ3) is 3.53. The number of para-hydroxylation sites is 1. The second-order valence-electron chi connectivity index (χ2n) is 6.50. The average molecular weight is 352 g/mol. The molecule has 0 atom stereocenters. The zero-order chi connectivity index (χ0) is 18.6. The molecule has 2 N–H and O–H groups in total. The smallest absolute Gasteiger partial charge is 0.259 e. The minimum Gasteiger partial charge on any atom is -0.399 e. The van der Waals surface area contributed by atoms with Crippen LogP contribution in [0.3, 0.4) is 0 Å². The molecule has 3 heteroatoms. The topological polar surface area (TPSA) is 46.3 Å². The van der Waals surface area contributed by atoms with E-state index in [-0.39, 0.29) is 5.91 Å². The number of nitrogens with two attached hydrogens (primary N) is 1. The van der Waals surface area contributed by atoms with E-state index in [0.717, 1.165) is 28.1 Å². The van der Waals surface area contributed by atoms with Gasteiger partial charge in [0.25, 0.3) is 5.91 Å². The highest BCUT2D eigenvalue weighted by Gasteiger charge is 2.31. The van der Waals surface area contributed by atoms with Crippen LogP contribution in [0.1, 0.15) is 16.7 Å². The van der Waals surface area contributed by atoms with Gasteiger partial charge in [-0.1, -0.05) is 72.8 Å². The summed E-state index contributed by atoms with van der Waals surface area (Å²) in [4.78, 5) is 14.9. The van der Waals surface area contributed by atoms with Crippen LogP contribution in [0.2, 0.25) is 0 Å². The molecule has 1 aliphatic rings. The van der Waals surface area contributed by atoms with Crippen molar-refractivity contribution in [2.75, 3.05) is 10.6 Å². The minimum absolute atomic E-state index is 0.0296. The van der Waals surface area contributed by atoms with E-state index in [4.69, 9.17) is 5.73 Å². The van der Waals surface area contributed by atoms with Gasteiger partial charge in [0, 0.05) is 16.8 Å². The predicted molar refractivity (Wildman–Crippen MR) is 112 cm³/mol. The van der Waals surface area contributed by atoms with E-state index in [0.29, 0.717) is 12.1 Å². The van der Waals surface area contributed by atoms with Crippen molar-refractivity contribution in [2.45, 2.75) is 6.54 Å². The van der Waals surface area contributed by atoms with E-state index >= 15 is 0 Å². The number of hydrogen-bond donors (Lipinski definition) is 1.